The van der Waals surface area contributed by atoms with E-state index in [-0.39, 0.29) is 12.2 Å². The lowest BCUT2D eigenvalue weighted by molar-refractivity contribution is 0.135. The standard InChI is InChI=1S/C10H18N4/c1-8(2)6-13-7-12-14(9(3)4)10(13)5-11/h7-10H,6H2,1-4H3. The highest BCUT2D eigenvalue weighted by atomic mass is 15.6. The lowest BCUT2D eigenvalue weighted by Crippen LogP contribution is -2.42. The van der Waals surface area contributed by atoms with Crippen molar-refractivity contribution < 1.29 is 0 Å². The number of hydrogen-bond acceptors (Lipinski definition) is 4. The monoisotopic (exact) mass is 194 g/mol. The first-order valence-corrected chi connectivity index (χ1v) is 5.04. The van der Waals surface area contributed by atoms with E-state index in [4.69, 9.17) is 5.26 Å². The van der Waals surface area contributed by atoms with Crippen LogP contribution in [0, 0.1) is 17.2 Å². The van der Waals surface area contributed by atoms with E-state index in [1.165, 1.54) is 0 Å². The molecule has 14 heavy (non-hydrogen) atoms. The Hall–Kier alpha value is -1.24. The smallest absolute Gasteiger partial charge is 0.207 e. The van der Waals surface area contributed by atoms with Gasteiger partial charge in [0.25, 0.3) is 0 Å². The first-order valence-electron chi connectivity index (χ1n) is 5.04. The summed E-state index contributed by atoms with van der Waals surface area (Å²) in [5, 5.41) is 15.1. The highest BCUT2D eigenvalue weighted by Crippen LogP contribution is 2.16. The number of hydrogen-bond donors (Lipinski definition) is 0. The van der Waals surface area contributed by atoms with Gasteiger partial charge in [-0.25, -0.2) is 0 Å². The zero-order chi connectivity index (χ0) is 10.7. The summed E-state index contributed by atoms with van der Waals surface area (Å²) >= 11 is 0. The van der Waals surface area contributed by atoms with Crippen LogP contribution in [0.1, 0.15) is 27.7 Å². The highest BCUT2D eigenvalue weighted by molar-refractivity contribution is 5.58. The largest absolute Gasteiger partial charge is 0.327 e. The van der Waals surface area contributed by atoms with E-state index in [0.717, 1.165) is 6.54 Å². The van der Waals surface area contributed by atoms with Gasteiger partial charge in [-0.1, -0.05) is 13.8 Å². The zero-order valence-corrected chi connectivity index (χ0v) is 9.31. The Balaban J connectivity index is 2.66. The van der Waals surface area contributed by atoms with Gasteiger partial charge in [0.05, 0.1) is 0 Å². The minimum absolute atomic E-state index is 0.225. The normalized spacial score (nSPS) is 21.1. The maximum Gasteiger partial charge on any atom is 0.207 e. The first-order chi connectivity index (χ1) is 6.56. The zero-order valence-electron chi connectivity index (χ0n) is 9.31. The number of rotatable bonds is 3. The van der Waals surface area contributed by atoms with Crippen LogP contribution >= 0.6 is 0 Å². The number of nitrogens with zero attached hydrogens (tertiary/aromatic N) is 4. The molecule has 0 aromatic carbocycles. The van der Waals surface area contributed by atoms with Gasteiger partial charge >= 0.3 is 0 Å². The Kier molecular flexibility index (Phi) is 3.34. The Morgan fingerprint density at radius 1 is 1.43 bits per heavy atom. The maximum atomic E-state index is 9.06. The Morgan fingerprint density at radius 3 is 2.50 bits per heavy atom. The second-order valence-corrected chi connectivity index (χ2v) is 4.30. The molecule has 0 saturated heterocycles. The second kappa shape index (κ2) is 4.32. The van der Waals surface area contributed by atoms with Crippen molar-refractivity contribution in [1.29, 1.82) is 5.26 Å². The first kappa shape index (κ1) is 10.8. The van der Waals surface area contributed by atoms with Gasteiger partial charge < -0.3 is 4.90 Å². The van der Waals surface area contributed by atoms with Crippen molar-refractivity contribution in [2.75, 3.05) is 6.54 Å². The fraction of sp³-hybridized carbons (Fsp3) is 0.800. The fourth-order valence-corrected chi connectivity index (χ4v) is 1.52. The van der Waals surface area contributed by atoms with Crippen LogP contribution in [0.2, 0.25) is 0 Å². The summed E-state index contributed by atoms with van der Waals surface area (Å²) in [5.74, 6) is 0.546. The predicted molar refractivity (Wildman–Crippen MR) is 56.4 cm³/mol. The third-order valence-electron chi connectivity index (χ3n) is 2.12. The molecule has 0 aromatic rings. The van der Waals surface area contributed by atoms with Gasteiger partial charge in [0.1, 0.15) is 12.4 Å². The minimum atomic E-state index is -0.225. The van der Waals surface area contributed by atoms with Gasteiger partial charge in [-0.05, 0) is 19.8 Å². The predicted octanol–water partition coefficient (Wildman–Crippen LogP) is 1.46. The fourth-order valence-electron chi connectivity index (χ4n) is 1.52. The summed E-state index contributed by atoms with van der Waals surface area (Å²) in [5.41, 5.74) is 0. The molecule has 0 aliphatic carbocycles. The molecule has 1 aliphatic heterocycles. The van der Waals surface area contributed by atoms with Crippen molar-refractivity contribution in [2.24, 2.45) is 11.0 Å². The van der Waals surface area contributed by atoms with Crippen molar-refractivity contribution in [1.82, 2.24) is 9.91 Å². The molecule has 0 N–H and O–H groups in total. The SMILES string of the molecule is CC(C)CN1C=NN(C(C)C)C1C#N. The Bertz CT molecular complexity index is 251. The molecule has 0 fully saturated rings. The third-order valence-corrected chi connectivity index (χ3v) is 2.12. The van der Waals surface area contributed by atoms with Crippen molar-refractivity contribution in [3.05, 3.63) is 0 Å². The molecule has 4 nitrogen and oxygen atoms in total. The van der Waals surface area contributed by atoms with Gasteiger partial charge in [-0.3, -0.25) is 5.01 Å². The van der Waals surface area contributed by atoms with Crippen molar-refractivity contribution >= 4 is 6.34 Å². The summed E-state index contributed by atoms with van der Waals surface area (Å²) in [6.45, 7) is 9.24. The number of hydrazone groups is 1. The quantitative estimate of drug-likeness (QED) is 0.683. The van der Waals surface area contributed by atoms with Crippen LogP contribution in [-0.2, 0) is 0 Å². The van der Waals surface area contributed by atoms with Crippen molar-refractivity contribution in [2.45, 2.75) is 39.9 Å². The molecule has 0 radical (unpaired) electrons. The van der Waals surface area contributed by atoms with E-state index < -0.39 is 0 Å². The highest BCUT2D eigenvalue weighted by Gasteiger charge is 2.29. The van der Waals surface area contributed by atoms with Gasteiger partial charge in [0.2, 0.25) is 6.17 Å². The summed E-state index contributed by atoms with van der Waals surface area (Å²) in [6.07, 6.45) is 1.55. The maximum absolute atomic E-state index is 9.06. The van der Waals surface area contributed by atoms with E-state index in [2.05, 4.69) is 25.0 Å². The minimum Gasteiger partial charge on any atom is -0.327 e. The molecule has 1 heterocycles. The van der Waals surface area contributed by atoms with Gasteiger partial charge in [-0.2, -0.15) is 10.4 Å². The topological polar surface area (TPSA) is 42.6 Å². The molecule has 0 spiro atoms. The van der Waals surface area contributed by atoms with Crippen LogP contribution in [0.15, 0.2) is 5.10 Å². The molecular formula is C10H18N4. The molecule has 1 aliphatic rings. The van der Waals surface area contributed by atoms with Crippen LogP contribution in [0.4, 0.5) is 0 Å². The number of nitriles is 1. The lowest BCUT2D eigenvalue weighted by atomic mass is 10.2. The van der Waals surface area contributed by atoms with Gasteiger partial charge in [0, 0.05) is 12.6 Å². The van der Waals surface area contributed by atoms with Gasteiger partial charge in [-0.15, -0.1) is 0 Å². The molecule has 1 unspecified atom stereocenters. The molecule has 1 rings (SSSR count). The summed E-state index contributed by atoms with van der Waals surface area (Å²) in [4.78, 5) is 1.99. The van der Waals surface area contributed by atoms with E-state index in [0.29, 0.717) is 5.92 Å². The van der Waals surface area contributed by atoms with Crippen molar-refractivity contribution in [3.8, 4) is 6.07 Å². The molecule has 78 valence electrons. The third kappa shape index (κ3) is 2.16. The summed E-state index contributed by atoms with van der Waals surface area (Å²) < 4.78 is 0. The summed E-state index contributed by atoms with van der Waals surface area (Å²) in [6, 6.07) is 2.55. The molecule has 0 saturated carbocycles. The lowest BCUT2D eigenvalue weighted by Gasteiger charge is -2.28. The van der Waals surface area contributed by atoms with E-state index in [1.54, 1.807) is 6.34 Å². The molecule has 1 atom stereocenters. The van der Waals surface area contributed by atoms with Crippen LogP contribution < -0.4 is 0 Å². The second-order valence-electron chi connectivity index (χ2n) is 4.30. The van der Waals surface area contributed by atoms with Crippen LogP contribution in [0.3, 0.4) is 0 Å². The van der Waals surface area contributed by atoms with E-state index >= 15 is 0 Å². The Labute approximate surface area is 85.8 Å². The molecule has 0 aromatic heterocycles. The summed E-state index contributed by atoms with van der Waals surface area (Å²) in [7, 11) is 0. The van der Waals surface area contributed by atoms with Gasteiger partial charge in [0.15, 0.2) is 0 Å². The molecule has 0 bridgehead atoms. The molecule has 0 amide bonds. The van der Waals surface area contributed by atoms with Crippen LogP contribution in [0.25, 0.3) is 0 Å². The molecular weight excluding hydrogens is 176 g/mol. The average molecular weight is 194 g/mol. The average Bonchev–Trinajstić information content (AvgIpc) is 2.46. The van der Waals surface area contributed by atoms with E-state index in [1.807, 2.05) is 23.8 Å². The van der Waals surface area contributed by atoms with Crippen LogP contribution in [0.5, 0.6) is 0 Å². The van der Waals surface area contributed by atoms with E-state index in [9.17, 15) is 0 Å². The Morgan fingerprint density at radius 2 is 2.07 bits per heavy atom. The molecule has 4 heteroatoms. The van der Waals surface area contributed by atoms with Crippen LogP contribution in [-0.4, -0.2) is 35.0 Å². The van der Waals surface area contributed by atoms with Crippen molar-refractivity contribution in [3.63, 3.8) is 0 Å².